The van der Waals surface area contributed by atoms with Crippen molar-refractivity contribution in [1.29, 1.82) is 0 Å². The van der Waals surface area contributed by atoms with E-state index in [1.807, 2.05) is 18.4 Å². The van der Waals surface area contributed by atoms with Gasteiger partial charge in [-0.2, -0.15) is 0 Å². The van der Waals surface area contributed by atoms with E-state index in [9.17, 15) is 4.79 Å². The Kier molecular flexibility index (Phi) is 2.70. The van der Waals surface area contributed by atoms with Gasteiger partial charge in [0.15, 0.2) is 5.78 Å². The maximum atomic E-state index is 11.4. The monoisotopic (exact) mass is 206 g/mol. The first-order chi connectivity index (χ1) is 7.26. The predicted molar refractivity (Wildman–Crippen MR) is 56.9 cm³/mol. The van der Waals surface area contributed by atoms with Crippen LogP contribution in [0.1, 0.15) is 0 Å². The van der Waals surface area contributed by atoms with Crippen molar-refractivity contribution in [2.45, 2.75) is 6.04 Å². The van der Waals surface area contributed by atoms with Crippen molar-refractivity contribution in [1.82, 2.24) is 5.32 Å². The zero-order chi connectivity index (χ0) is 10.8. The van der Waals surface area contributed by atoms with Crippen LogP contribution in [-0.4, -0.2) is 30.1 Å². The van der Waals surface area contributed by atoms with Gasteiger partial charge in [-0.1, -0.05) is 18.2 Å². The number of allylic oxidation sites excluding steroid dienone is 1. The van der Waals surface area contributed by atoms with Crippen LogP contribution in [0.25, 0.3) is 0 Å². The van der Waals surface area contributed by atoms with E-state index in [2.05, 4.69) is 5.32 Å². The van der Waals surface area contributed by atoms with Crippen LogP contribution in [-0.2, 0) is 4.79 Å². The molecular weight excluding hydrogens is 192 g/mol. The van der Waals surface area contributed by atoms with Crippen molar-refractivity contribution in [3.63, 3.8) is 0 Å². The first-order valence-corrected chi connectivity index (χ1v) is 4.95. The van der Waals surface area contributed by atoms with Gasteiger partial charge >= 0.3 is 0 Å². The summed E-state index contributed by atoms with van der Waals surface area (Å²) >= 11 is 0. The summed E-state index contributed by atoms with van der Waals surface area (Å²) in [4.78, 5) is 11.4. The van der Waals surface area contributed by atoms with Gasteiger partial charge in [-0.05, 0) is 11.8 Å². The van der Waals surface area contributed by atoms with Crippen molar-refractivity contribution in [3.05, 3.63) is 35.6 Å². The van der Waals surface area contributed by atoms with Gasteiger partial charge in [0, 0.05) is 11.5 Å². The normalized spacial score (nSPS) is 27.9. The fourth-order valence-electron chi connectivity index (χ4n) is 1.93. The number of Topliss-reactive ketones (excluding diaryl/α,β-unsaturated/α-hetero) is 1. The van der Waals surface area contributed by atoms with Gasteiger partial charge in [-0.15, -0.1) is 0 Å². The van der Waals surface area contributed by atoms with Gasteiger partial charge in [0.1, 0.15) is 0 Å². The maximum Gasteiger partial charge on any atom is 0.176 e. The molecule has 0 spiro atoms. The second-order valence-electron chi connectivity index (χ2n) is 3.70. The van der Waals surface area contributed by atoms with Crippen LogP contribution in [0.3, 0.4) is 0 Å². The van der Waals surface area contributed by atoms with Gasteiger partial charge in [0.2, 0.25) is 0 Å². The first kappa shape index (κ1) is 10.1. The number of hydrogen-bond donors (Lipinski definition) is 3. The van der Waals surface area contributed by atoms with Crippen LogP contribution in [0.5, 0.6) is 0 Å². The van der Waals surface area contributed by atoms with E-state index >= 15 is 0 Å². The molecule has 15 heavy (non-hydrogen) atoms. The minimum atomic E-state index is -0.0612. The molecule has 80 valence electrons. The molecule has 1 heterocycles. The molecule has 1 aliphatic heterocycles. The fraction of sp³-hybridized carbons (Fsp3) is 0.364. The molecule has 4 heteroatoms. The number of nitrogens with one attached hydrogen (secondary N) is 1. The third kappa shape index (κ3) is 1.73. The van der Waals surface area contributed by atoms with E-state index in [0.717, 1.165) is 5.57 Å². The van der Waals surface area contributed by atoms with Gasteiger partial charge in [0.05, 0.1) is 19.2 Å². The SMILES string of the molecule is NCC(=O)C1=CC2C(CO)=CNC2C=C1. The van der Waals surface area contributed by atoms with Crippen molar-refractivity contribution < 1.29 is 9.90 Å². The summed E-state index contributed by atoms with van der Waals surface area (Å²) in [5.74, 6) is 0.0272. The highest BCUT2D eigenvalue weighted by Crippen LogP contribution is 2.28. The second-order valence-corrected chi connectivity index (χ2v) is 3.70. The summed E-state index contributed by atoms with van der Waals surface area (Å²) in [6, 6.07) is 0.168. The Labute approximate surface area is 88.2 Å². The summed E-state index contributed by atoms with van der Waals surface area (Å²) in [6.07, 6.45) is 7.41. The van der Waals surface area contributed by atoms with Crippen LogP contribution in [0, 0.1) is 5.92 Å². The van der Waals surface area contributed by atoms with E-state index in [4.69, 9.17) is 10.8 Å². The molecule has 0 saturated heterocycles. The number of aliphatic hydroxyl groups is 1. The molecule has 2 rings (SSSR count). The lowest BCUT2D eigenvalue weighted by molar-refractivity contribution is -0.114. The number of aliphatic hydroxyl groups excluding tert-OH is 1. The van der Waals surface area contributed by atoms with Crippen molar-refractivity contribution in [2.75, 3.05) is 13.2 Å². The zero-order valence-corrected chi connectivity index (χ0v) is 8.31. The third-order valence-electron chi connectivity index (χ3n) is 2.81. The van der Waals surface area contributed by atoms with Gasteiger partial charge in [-0.25, -0.2) is 0 Å². The molecule has 0 saturated carbocycles. The smallest absolute Gasteiger partial charge is 0.176 e. The summed E-state index contributed by atoms with van der Waals surface area (Å²) in [5, 5.41) is 12.3. The van der Waals surface area contributed by atoms with Gasteiger partial charge in [0.25, 0.3) is 0 Å². The molecule has 0 amide bonds. The van der Waals surface area contributed by atoms with Gasteiger partial charge in [-0.3, -0.25) is 4.79 Å². The van der Waals surface area contributed by atoms with Crippen LogP contribution in [0.15, 0.2) is 35.6 Å². The lowest BCUT2D eigenvalue weighted by atomic mass is 9.87. The van der Waals surface area contributed by atoms with Crippen LogP contribution >= 0.6 is 0 Å². The summed E-state index contributed by atoms with van der Waals surface area (Å²) < 4.78 is 0. The Morgan fingerprint density at radius 3 is 3.07 bits per heavy atom. The Morgan fingerprint density at radius 1 is 1.60 bits per heavy atom. The highest BCUT2D eigenvalue weighted by Gasteiger charge is 2.28. The molecule has 2 aliphatic rings. The lowest BCUT2D eigenvalue weighted by Crippen LogP contribution is -2.28. The Bertz CT molecular complexity index is 369. The topological polar surface area (TPSA) is 75.4 Å². The molecule has 4 nitrogen and oxygen atoms in total. The highest BCUT2D eigenvalue weighted by molar-refractivity contribution is 5.99. The molecular formula is C11H14N2O2. The minimum absolute atomic E-state index is 0.0165. The number of rotatable bonds is 3. The zero-order valence-electron chi connectivity index (χ0n) is 8.31. The Morgan fingerprint density at radius 2 is 2.40 bits per heavy atom. The lowest BCUT2D eigenvalue weighted by Gasteiger charge is -2.20. The minimum Gasteiger partial charge on any atom is -0.392 e. The average molecular weight is 206 g/mol. The summed E-state index contributed by atoms with van der Waals surface area (Å²) in [6.45, 7) is 0.0434. The fourth-order valence-corrected chi connectivity index (χ4v) is 1.93. The Hall–Kier alpha value is -1.39. The molecule has 0 radical (unpaired) electrons. The second kappa shape index (κ2) is 4.00. The van der Waals surface area contributed by atoms with Crippen LogP contribution in [0.2, 0.25) is 0 Å². The number of hydrogen-bond acceptors (Lipinski definition) is 4. The molecule has 0 bridgehead atoms. The predicted octanol–water partition coefficient (Wildman–Crippen LogP) is -0.525. The number of fused-ring (bicyclic) bond motifs is 1. The Balaban J connectivity index is 2.22. The quantitative estimate of drug-likeness (QED) is 0.580. The van der Waals surface area contributed by atoms with Crippen LogP contribution in [0.4, 0.5) is 0 Å². The third-order valence-corrected chi connectivity index (χ3v) is 2.81. The standard InChI is InChI=1S/C11H14N2O2/c12-4-11(15)7-1-2-10-9(3-7)8(6-14)5-13-10/h1-3,5,9-10,13-14H,4,6,12H2. The van der Waals surface area contributed by atoms with E-state index < -0.39 is 0 Å². The molecule has 0 fully saturated rings. The number of nitrogens with two attached hydrogens (primary N) is 1. The number of carbonyl (C=O) groups is 1. The van der Waals surface area contributed by atoms with Crippen molar-refractivity contribution in [3.8, 4) is 0 Å². The van der Waals surface area contributed by atoms with Crippen molar-refractivity contribution >= 4 is 5.78 Å². The van der Waals surface area contributed by atoms with E-state index in [0.29, 0.717) is 5.57 Å². The molecule has 4 N–H and O–H groups in total. The molecule has 0 aromatic rings. The number of ketones is 1. The number of carbonyl (C=O) groups excluding carboxylic acids is 1. The molecule has 0 aromatic heterocycles. The molecule has 2 atom stereocenters. The first-order valence-electron chi connectivity index (χ1n) is 4.95. The molecule has 1 aliphatic carbocycles. The maximum absolute atomic E-state index is 11.4. The van der Waals surface area contributed by atoms with E-state index in [1.54, 1.807) is 6.08 Å². The molecule has 0 aromatic carbocycles. The van der Waals surface area contributed by atoms with Crippen molar-refractivity contribution in [2.24, 2.45) is 11.7 Å². The summed E-state index contributed by atoms with van der Waals surface area (Å²) in [5.41, 5.74) is 6.85. The largest absolute Gasteiger partial charge is 0.392 e. The van der Waals surface area contributed by atoms with E-state index in [-0.39, 0.29) is 30.9 Å². The van der Waals surface area contributed by atoms with E-state index in [1.165, 1.54) is 0 Å². The average Bonchev–Trinajstić information content (AvgIpc) is 2.69. The highest BCUT2D eigenvalue weighted by atomic mass is 16.3. The van der Waals surface area contributed by atoms with Gasteiger partial charge < -0.3 is 16.2 Å². The van der Waals surface area contributed by atoms with Crippen LogP contribution < -0.4 is 11.1 Å². The molecule has 2 unspecified atom stereocenters. The summed E-state index contributed by atoms with van der Waals surface area (Å²) in [7, 11) is 0.